The van der Waals surface area contributed by atoms with Gasteiger partial charge in [-0.25, -0.2) is 0 Å². The molecule has 1 unspecified atom stereocenters. The minimum absolute atomic E-state index is 0.337. The van der Waals surface area contributed by atoms with Crippen molar-refractivity contribution < 1.29 is 17.9 Å². The summed E-state index contributed by atoms with van der Waals surface area (Å²) < 4.78 is 38.0. The highest BCUT2D eigenvalue weighted by Gasteiger charge is 2.33. The minimum atomic E-state index is -4.50. The molecule has 58 valence electrons. The number of hydrogen-bond donors (Lipinski definition) is 0. The summed E-state index contributed by atoms with van der Waals surface area (Å²) >= 11 is 1.05. The van der Waals surface area contributed by atoms with Crippen LogP contribution in [-0.2, 0) is 4.74 Å². The Morgan fingerprint density at radius 3 is 2.60 bits per heavy atom. The van der Waals surface area contributed by atoms with Gasteiger partial charge in [0, 0.05) is 6.42 Å². The first-order chi connectivity index (χ1) is 4.58. The molecular weight excluding hydrogens is 165 g/mol. The fraction of sp³-hybridized carbons (Fsp3) is 0.600. The third-order valence-corrected chi connectivity index (χ3v) is 1.86. The molecule has 1 aliphatic rings. The summed E-state index contributed by atoms with van der Waals surface area (Å²) in [6.07, 6.45) is -2.51. The Labute approximate surface area is 60.2 Å². The molecule has 0 radical (unpaired) electrons. The van der Waals surface area contributed by atoms with E-state index in [1.165, 1.54) is 0 Å². The van der Waals surface area contributed by atoms with Crippen LogP contribution in [0.15, 0.2) is 11.5 Å². The van der Waals surface area contributed by atoms with Crippen LogP contribution in [0.3, 0.4) is 0 Å². The molecule has 0 saturated heterocycles. The van der Waals surface area contributed by atoms with Gasteiger partial charge in [0.15, 0.2) is 0 Å². The summed E-state index contributed by atoms with van der Waals surface area (Å²) in [6, 6.07) is 0. The van der Waals surface area contributed by atoms with Crippen molar-refractivity contribution in [2.45, 2.75) is 18.2 Å². The standard InChI is InChI=1S/C5H5F3OS/c6-5(7,8)9-4-2-1-3-10-4/h1,3-4H,2H2. The van der Waals surface area contributed by atoms with Crippen LogP contribution in [0, 0.1) is 0 Å². The van der Waals surface area contributed by atoms with Crippen molar-refractivity contribution in [2.75, 3.05) is 0 Å². The van der Waals surface area contributed by atoms with Crippen molar-refractivity contribution in [3.63, 3.8) is 0 Å². The van der Waals surface area contributed by atoms with E-state index >= 15 is 0 Å². The molecule has 0 aromatic rings. The van der Waals surface area contributed by atoms with Crippen LogP contribution in [0.4, 0.5) is 13.2 Å². The fourth-order valence-electron chi connectivity index (χ4n) is 0.590. The molecule has 0 aliphatic carbocycles. The van der Waals surface area contributed by atoms with E-state index in [9.17, 15) is 13.2 Å². The van der Waals surface area contributed by atoms with E-state index in [1.54, 1.807) is 11.5 Å². The molecule has 0 amide bonds. The SMILES string of the molecule is FC(F)(F)OC1CC=CS1. The van der Waals surface area contributed by atoms with Crippen molar-refractivity contribution in [1.82, 2.24) is 0 Å². The molecule has 1 heterocycles. The summed E-state index contributed by atoms with van der Waals surface area (Å²) in [6.45, 7) is 0. The van der Waals surface area contributed by atoms with E-state index in [0.29, 0.717) is 6.42 Å². The van der Waals surface area contributed by atoms with E-state index in [4.69, 9.17) is 0 Å². The van der Waals surface area contributed by atoms with Crippen molar-refractivity contribution >= 4 is 11.8 Å². The lowest BCUT2D eigenvalue weighted by atomic mass is 10.5. The molecule has 0 aromatic heterocycles. The normalized spacial score (nSPS) is 25.7. The van der Waals surface area contributed by atoms with Gasteiger partial charge in [0.1, 0.15) is 5.44 Å². The molecule has 1 rings (SSSR count). The van der Waals surface area contributed by atoms with Crippen molar-refractivity contribution in [3.8, 4) is 0 Å². The number of hydrogen-bond acceptors (Lipinski definition) is 2. The van der Waals surface area contributed by atoms with E-state index in [0.717, 1.165) is 11.8 Å². The summed E-state index contributed by atoms with van der Waals surface area (Å²) in [5.74, 6) is 0. The van der Waals surface area contributed by atoms with Gasteiger partial charge in [-0.15, -0.1) is 24.9 Å². The number of halogens is 3. The van der Waals surface area contributed by atoms with Gasteiger partial charge in [0.2, 0.25) is 0 Å². The second-order valence-electron chi connectivity index (χ2n) is 1.74. The third-order valence-electron chi connectivity index (χ3n) is 0.920. The maximum absolute atomic E-state index is 11.4. The highest BCUT2D eigenvalue weighted by Crippen LogP contribution is 2.31. The lowest BCUT2D eigenvalue weighted by Gasteiger charge is -2.11. The molecule has 0 N–H and O–H groups in total. The van der Waals surface area contributed by atoms with Gasteiger partial charge in [-0.2, -0.15) is 0 Å². The quantitative estimate of drug-likeness (QED) is 0.598. The van der Waals surface area contributed by atoms with Crippen molar-refractivity contribution in [1.29, 1.82) is 0 Å². The van der Waals surface area contributed by atoms with E-state index in [-0.39, 0.29) is 0 Å². The minimum Gasteiger partial charge on any atom is -0.277 e. The summed E-state index contributed by atoms with van der Waals surface area (Å²) in [5, 5.41) is 1.61. The Morgan fingerprint density at radius 2 is 2.20 bits per heavy atom. The van der Waals surface area contributed by atoms with Crippen LogP contribution in [0.25, 0.3) is 0 Å². The second kappa shape index (κ2) is 2.84. The van der Waals surface area contributed by atoms with Crippen LogP contribution in [0.1, 0.15) is 6.42 Å². The van der Waals surface area contributed by atoms with Crippen molar-refractivity contribution in [2.24, 2.45) is 0 Å². The van der Waals surface area contributed by atoms with Gasteiger partial charge in [-0.3, -0.25) is 4.74 Å². The maximum atomic E-state index is 11.4. The molecule has 0 saturated carbocycles. The Kier molecular flexibility index (Phi) is 2.25. The average Bonchev–Trinajstić information content (AvgIpc) is 2.12. The van der Waals surface area contributed by atoms with Gasteiger partial charge in [0.25, 0.3) is 0 Å². The predicted molar refractivity (Wildman–Crippen MR) is 32.3 cm³/mol. The first kappa shape index (κ1) is 7.94. The lowest BCUT2D eigenvalue weighted by Crippen LogP contribution is -2.19. The number of ether oxygens (including phenoxy) is 1. The van der Waals surface area contributed by atoms with Crippen LogP contribution in [-0.4, -0.2) is 11.8 Å². The second-order valence-corrected chi connectivity index (χ2v) is 2.81. The van der Waals surface area contributed by atoms with Crippen LogP contribution >= 0.6 is 11.8 Å². The lowest BCUT2D eigenvalue weighted by molar-refractivity contribution is -0.329. The summed E-state index contributed by atoms with van der Waals surface area (Å²) in [5.41, 5.74) is -0.764. The summed E-state index contributed by atoms with van der Waals surface area (Å²) in [4.78, 5) is 0. The molecule has 5 heteroatoms. The Bertz CT molecular complexity index is 134. The average molecular weight is 170 g/mol. The molecule has 0 aromatic carbocycles. The zero-order chi connectivity index (χ0) is 7.61. The first-order valence-electron chi connectivity index (χ1n) is 2.63. The third kappa shape index (κ3) is 2.62. The molecule has 0 fully saturated rings. The van der Waals surface area contributed by atoms with Crippen LogP contribution in [0.2, 0.25) is 0 Å². The molecule has 1 nitrogen and oxygen atoms in total. The molecule has 10 heavy (non-hydrogen) atoms. The molecular formula is C5H5F3OS. The Morgan fingerprint density at radius 1 is 1.50 bits per heavy atom. The number of alkyl halides is 3. The van der Waals surface area contributed by atoms with Gasteiger partial charge in [-0.05, 0) is 5.41 Å². The zero-order valence-electron chi connectivity index (χ0n) is 4.89. The zero-order valence-corrected chi connectivity index (χ0v) is 5.71. The van der Waals surface area contributed by atoms with E-state index in [2.05, 4.69) is 4.74 Å². The van der Waals surface area contributed by atoms with Gasteiger partial charge in [-0.1, -0.05) is 6.08 Å². The van der Waals surface area contributed by atoms with Gasteiger partial charge < -0.3 is 0 Å². The predicted octanol–water partition coefficient (Wildman–Crippen LogP) is 2.50. The topological polar surface area (TPSA) is 9.23 Å². The summed E-state index contributed by atoms with van der Waals surface area (Å²) in [7, 11) is 0. The molecule has 1 aliphatic heterocycles. The molecule has 1 atom stereocenters. The van der Waals surface area contributed by atoms with E-state index in [1.807, 2.05) is 0 Å². The Hall–Kier alpha value is -0.160. The highest BCUT2D eigenvalue weighted by atomic mass is 32.2. The fourth-order valence-corrected chi connectivity index (χ4v) is 1.37. The van der Waals surface area contributed by atoms with E-state index < -0.39 is 11.8 Å². The maximum Gasteiger partial charge on any atom is 0.523 e. The first-order valence-corrected chi connectivity index (χ1v) is 3.57. The Balaban J connectivity index is 2.26. The van der Waals surface area contributed by atoms with Crippen molar-refractivity contribution in [3.05, 3.63) is 11.5 Å². The number of rotatable bonds is 1. The van der Waals surface area contributed by atoms with Gasteiger partial charge >= 0.3 is 6.36 Å². The molecule has 0 bridgehead atoms. The van der Waals surface area contributed by atoms with Crippen LogP contribution in [0.5, 0.6) is 0 Å². The van der Waals surface area contributed by atoms with Crippen LogP contribution < -0.4 is 0 Å². The molecule has 0 spiro atoms. The largest absolute Gasteiger partial charge is 0.523 e. The smallest absolute Gasteiger partial charge is 0.277 e. The number of thioether (sulfide) groups is 1. The van der Waals surface area contributed by atoms with Gasteiger partial charge in [0.05, 0.1) is 0 Å². The highest BCUT2D eigenvalue weighted by molar-refractivity contribution is 8.02. The monoisotopic (exact) mass is 170 g/mol.